The van der Waals surface area contributed by atoms with Crippen LogP contribution in [-0.4, -0.2) is 41.2 Å². The van der Waals surface area contributed by atoms with Crippen molar-refractivity contribution in [3.05, 3.63) is 16.1 Å². The lowest BCUT2D eigenvalue weighted by Crippen LogP contribution is -2.21. The van der Waals surface area contributed by atoms with E-state index in [0.717, 1.165) is 19.4 Å². The number of aliphatic hydroxyl groups is 1. The van der Waals surface area contributed by atoms with Crippen LogP contribution in [0.1, 0.15) is 22.7 Å². The zero-order valence-corrected chi connectivity index (χ0v) is 9.80. The first-order valence-electron chi connectivity index (χ1n) is 5.65. The molecule has 0 amide bonds. The molecule has 3 nitrogen and oxygen atoms in total. The Labute approximate surface area is 94.8 Å². The van der Waals surface area contributed by atoms with Crippen molar-refractivity contribution in [2.75, 3.05) is 26.2 Å². The maximum Gasteiger partial charge on any atom is 0.0940 e. The molecule has 0 radical (unpaired) electrons. The fraction of sp³-hybridized carbons (Fsp3) is 0.727. The molecule has 1 aromatic rings. The standard InChI is InChI=1S/C11H18N2OS/c14-8-4-10-9-12-11(15-10)3-7-13-5-1-2-6-13/h9,14H,1-8H2. The van der Waals surface area contributed by atoms with E-state index in [4.69, 9.17) is 5.11 Å². The van der Waals surface area contributed by atoms with Gasteiger partial charge in [-0.25, -0.2) is 4.98 Å². The topological polar surface area (TPSA) is 36.4 Å². The molecule has 1 saturated heterocycles. The van der Waals surface area contributed by atoms with E-state index in [1.807, 2.05) is 6.20 Å². The van der Waals surface area contributed by atoms with Gasteiger partial charge in [0.2, 0.25) is 0 Å². The van der Waals surface area contributed by atoms with E-state index in [1.165, 1.54) is 35.8 Å². The van der Waals surface area contributed by atoms with Crippen molar-refractivity contribution in [2.45, 2.75) is 25.7 Å². The average Bonchev–Trinajstić information content (AvgIpc) is 2.85. The second-order valence-corrected chi connectivity index (χ2v) is 5.19. The summed E-state index contributed by atoms with van der Waals surface area (Å²) in [5, 5.41) is 10.0. The third-order valence-corrected chi connectivity index (χ3v) is 3.92. The van der Waals surface area contributed by atoms with Crippen molar-refractivity contribution in [2.24, 2.45) is 0 Å². The van der Waals surface area contributed by atoms with Crippen molar-refractivity contribution in [1.82, 2.24) is 9.88 Å². The van der Waals surface area contributed by atoms with Crippen LogP contribution >= 0.6 is 11.3 Å². The number of hydrogen-bond acceptors (Lipinski definition) is 4. The molecule has 15 heavy (non-hydrogen) atoms. The first-order valence-corrected chi connectivity index (χ1v) is 6.47. The Kier molecular flexibility index (Phi) is 4.11. The molecule has 2 heterocycles. The van der Waals surface area contributed by atoms with Crippen LogP contribution in [0.5, 0.6) is 0 Å². The van der Waals surface area contributed by atoms with Crippen molar-refractivity contribution < 1.29 is 5.11 Å². The highest BCUT2D eigenvalue weighted by molar-refractivity contribution is 7.11. The molecule has 0 aromatic carbocycles. The Morgan fingerprint density at radius 3 is 2.87 bits per heavy atom. The SMILES string of the molecule is OCCc1cnc(CCN2CCCC2)s1. The lowest BCUT2D eigenvalue weighted by atomic mass is 10.4. The Balaban J connectivity index is 1.77. The predicted octanol–water partition coefficient (Wildman–Crippen LogP) is 1.32. The Morgan fingerprint density at radius 2 is 2.13 bits per heavy atom. The number of aliphatic hydroxyl groups excluding tert-OH is 1. The summed E-state index contributed by atoms with van der Waals surface area (Å²) < 4.78 is 0. The summed E-state index contributed by atoms with van der Waals surface area (Å²) in [6, 6.07) is 0. The zero-order chi connectivity index (χ0) is 10.5. The minimum absolute atomic E-state index is 0.230. The van der Waals surface area contributed by atoms with Crippen LogP contribution < -0.4 is 0 Å². The first kappa shape index (κ1) is 11.0. The summed E-state index contributed by atoms with van der Waals surface area (Å²) in [6.07, 6.45) is 6.43. The van der Waals surface area contributed by atoms with Crippen LogP contribution in [0, 0.1) is 0 Å². The zero-order valence-electron chi connectivity index (χ0n) is 8.98. The Bertz CT molecular complexity index is 295. The summed E-state index contributed by atoms with van der Waals surface area (Å²) >= 11 is 1.74. The van der Waals surface area contributed by atoms with E-state index in [1.54, 1.807) is 11.3 Å². The molecule has 0 saturated carbocycles. The third kappa shape index (κ3) is 3.26. The lowest BCUT2D eigenvalue weighted by Gasteiger charge is -2.12. The van der Waals surface area contributed by atoms with Gasteiger partial charge >= 0.3 is 0 Å². The molecule has 0 spiro atoms. The maximum absolute atomic E-state index is 8.80. The second kappa shape index (κ2) is 5.58. The van der Waals surface area contributed by atoms with Gasteiger partial charge in [-0.15, -0.1) is 11.3 Å². The largest absolute Gasteiger partial charge is 0.396 e. The summed E-state index contributed by atoms with van der Waals surface area (Å²) in [5.74, 6) is 0. The highest BCUT2D eigenvalue weighted by Crippen LogP contribution is 2.15. The van der Waals surface area contributed by atoms with Gasteiger partial charge in [-0.2, -0.15) is 0 Å². The van der Waals surface area contributed by atoms with Crippen LogP contribution in [0.2, 0.25) is 0 Å². The number of likely N-dealkylation sites (tertiary alicyclic amines) is 1. The lowest BCUT2D eigenvalue weighted by molar-refractivity contribution is 0.300. The Morgan fingerprint density at radius 1 is 1.33 bits per heavy atom. The van der Waals surface area contributed by atoms with Gasteiger partial charge in [0.05, 0.1) is 5.01 Å². The van der Waals surface area contributed by atoms with Crippen LogP contribution in [0.15, 0.2) is 6.20 Å². The summed E-state index contributed by atoms with van der Waals surface area (Å²) in [7, 11) is 0. The van der Waals surface area contributed by atoms with Crippen LogP contribution in [0.25, 0.3) is 0 Å². The van der Waals surface area contributed by atoms with Gasteiger partial charge < -0.3 is 10.0 Å². The molecule has 0 atom stereocenters. The van der Waals surface area contributed by atoms with Crippen LogP contribution in [-0.2, 0) is 12.8 Å². The van der Waals surface area contributed by atoms with Gasteiger partial charge in [0, 0.05) is 37.1 Å². The monoisotopic (exact) mass is 226 g/mol. The smallest absolute Gasteiger partial charge is 0.0940 e. The van der Waals surface area contributed by atoms with E-state index < -0.39 is 0 Å². The van der Waals surface area contributed by atoms with Crippen molar-refractivity contribution in [3.8, 4) is 0 Å². The summed E-state index contributed by atoms with van der Waals surface area (Å²) in [5.41, 5.74) is 0. The molecule has 1 aliphatic rings. The molecule has 2 rings (SSSR count). The molecular weight excluding hydrogens is 208 g/mol. The van der Waals surface area contributed by atoms with Crippen LogP contribution in [0.3, 0.4) is 0 Å². The third-order valence-electron chi connectivity index (χ3n) is 2.80. The number of hydrogen-bond donors (Lipinski definition) is 1. The Hall–Kier alpha value is -0.450. The van der Waals surface area contributed by atoms with E-state index in [9.17, 15) is 0 Å². The van der Waals surface area contributed by atoms with Crippen LogP contribution in [0.4, 0.5) is 0 Å². The van der Waals surface area contributed by atoms with E-state index in [2.05, 4.69) is 9.88 Å². The normalized spacial score (nSPS) is 17.4. The molecule has 1 aromatic heterocycles. The predicted molar refractivity (Wildman–Crippen MR) is 62.3 cm³/mol. The number of aromatic nitrogens is 1. The molecule has 1 fully saturated rings. The van der Waals surface area contributed by atoms with Crippen molar-refractivity contribution in [1.29, 1.82) is 0 Å². The molecular formula is C11H18N2OS. The molecule has 1 aliphatic heterocycles. The molecule has 0 unspecified atom stereocenters. The second-order valence-electron chi connectivity index (χ2n) is 3.99. The van der Waals surface area contributed by atoms with Gasteiger partial charge in [-0.05, 0) is 25.9 Å². The molecule has 4 heteroatoms. The summed E-state index contributed by atoms with van der Waals surface area (Å²) in [4.78, 5) is 8.09. The fourth-order valence-electron chi connectivity index (χ4n) is 1.95. The fourth-order valence-corrected chi connectivity index (χ4v) is 2.85. The highest BCUT2D eigenvalue weighted by Gasteiger charge is 2.11. The first-order chi connectivity index (χ1) is 7.38. The van der Waals surface area contributed by atoms with Gasteiger partial charge in [0.25, 0.3) is 0 Å². The minimum atomic E-state index is 0.230. The minimum Gasteiger partial charge on any atom is -0.396 e. The maximum atomic E-state index is 8.80. The van der Waals surface area contributed by atoms with Crippen molar-refractivity contribution >= 4 is 11.3 Å². The van der Waals surface area contributed by atoms with E-state index in [-0.39, 0.29) is 6.61 Å². The molecule has 0 bridgehead atoms. The number of thiazole rings is 1. The van der Waals surface area contributed by atoms with E-state index >= 15 is 0 Å². The van der Waals surface area contributed by atoms with Crippen molar-refractivity contribution in [3.63, 3.8) is 0 Å². The molecule has 1 N–H and O–H groups in total. The summed E-state index contributed by atoms with van der Waals surface area (Å²) in [6.45, 7) is 3.89. The van der Waals surface area contributed by atoms with Gasteiger partial charge in [0.1, 0.15) is 0 Å². The number of rotatable bonds is 5. The van der Waals surface area contributed by atoms with Gasteiger partial charge in [0.15, 0.2) is 0 Å². The van der Waals surface area contributed by atoms with E-state index in [0.29, 0.717) is 0 Å². The van der Waals surface area contributed by atoms with Gasteiger partial charge in [-0.3, -0.25) is 0 Å². The molecule has 84 valence electrons. The molecule has 0 aliphatic carbocycles. The average molecular weight is 226 g/mol. The van der Waals surface area contributed by atoms with Gasteiger partial charge in [-0.1, -0.05) is 0 Å². The number of nitrogens with zero attached hydrogens (tertiary/aromatic N) is 2. The quantitative estimate of drug-likeness (QED) is 0.822. The highest BCUT2D eigenvalue weighted by atomic mass is 32.1.